The average Bonchev–Trinajstić information content (AvgIpc) is 2.88. The molecule has 0 bridgehead atoms. The van der Waals surface area contributed by atoms with Crippen LogP contribution in [0.2, 0.25) is 0 Å². The fraction of sp³-hybridized carbons (Fsp3) is 0.588. The summed E-state index contributed by atoms with van der Waals surface area (Å²) in [6.07, 6.45) is 5.48. The van der Waals surface area contributed by atoms with Crippen molar-refractivity contribution in [2.24, 2.45) is 5.41 Å². The van der Waals surface area contributed by atoms with Gasteiger partial charge in [0.1, 0.15) is 24.0 Å². The molecule has 3 atom stereocenters. The quantitative estimate of drug-likeness (QED) is 0.548. The second-order valence-corrected chi connectivity index (χ2v) is 7.02. The molecule has 6 nitrogen and oxygen atoms in total. The van der Waals surface area contributed by atoms with Gasteiger partial charge in [-0.05, 0) is 24.5 Å². The van der Waals surface area contributed by atoms with Crippen molar-refractivity contribution in [1.29, 1.82) is 0 Å². The number of hydrogen-bond acceptors (Lipinski definition) is 5. The van der Waals surface area contributed by atoms with Crippen LogP contribution in [0.5, 0.6) is 0 Å². The van der Waals surface area contributed by atoms with Crippen LogP contribution in [0.3, 0.4) is 0 Å². The molecule has 2 aliphatic heterocycles. The van der Waals surface area contributed by atoms with Crippen LogP contribution in [0, 0.1) is 12.3 Å². The molecule has 2 aliphatic rings. The SMILES string of the molecule is [CH2-][C@H]1O[C@@H](n2cc3c4c(ncnc42)NCCC3)C(C)(C)[C@@H]1OC.[W].[Y]. The maximum Gasteiger partial charge on any atom is 0.147 e. The van der Waals surface area contributed by atoms with Crippen molar-refractivity contribution in [1.82, 2.24) is 14.5 Å². The Hall–Kier alpha value is 0.132. The topological polar surface area (TPSA) is 61.2 Å². The Bertz CT molecular complexity index is 752. The first-order chi connectivity index (χ1) is 11.0. The van der Waals surface area contributed by atoms with Gasteiger partial charge >= 0.3 is 0 Å². The molecular weight excluding hydrogens is 565 g/mol. The zero-order valence-electron chi connectivity index (χ0n) is 14.9. The zero-order chi connectivity index (χ0) is 16.2. The number of aromatic nitrogens is 3. The first-order valence-corrected chi connectivity index (χ1v) is 8.13. The minimum Gasteiger partial charge on any atom is -0.383 e. The molecule has 0 aromatic carbocycles. The second kappa shape index (κ2) is 8.02. The van der Waals surface area contributed by atoms with Gasteiger partial charge in [0, 0.05) is 79.0 Å². The number of methoxy groups -OCH3 is 1. The van der Waals surface area contributed by atoms with Crippen molar-refractivity contribution in [2.45, 2.75) is 45.1 Å². The van der Waals surface area contributed by atoms with E-state index in [9.17, 15) is 0 Å². The minimum absolute atomic E-state index is 0. The molecule has 8 heteroatoms. The summed E-state index contributed by atoms with van der Waals surface area (Å²) in [5.74, 6) is 0.923. The molecule has 1 fully saturated rings. The summed E-state index contributed by atoms with van der Waals surface area (Å²) in [6.45, 7) is 9.37. The van der Waals surface area contributed by atoms with E-state index in [0.29, 0.717) is 0 Å². The molecule has 4 heterocycles. The first kappa shape index (κ1) is 21.4. The van der Waals surface area contributed by atoms with E-state index in [1.165, 1.54) is 5.56 Å². The summed E-state index contributed by atoms with van der Waals surface area (Å²) in [5.41, 5.74) is 2.00. The summed E-state index contributed by atoms with van der Waals surface area (Å²) >= 11 is 0. The van der Waals surface area contributed by atoms with E-state index in [-0.39, 0.29) is 77.6 Å². The van der Waals surface area contributed by atoms with E-state index in [1.807, 2.05) is 0 Å². The van der Waals surface area contributed by atoms with Gasteiger partial charge in [0.2, 0.25) is 0 Å². The zero-order valence-corrected chi connectivity index (χ0v) is 20.6. The van der Waals surface area contributed by atoms with Crippen molar-refractivity contribution in [3.8, 4) is 0 Å². The van der Waals surface area contributed by atoms with Crippen LogP contribution < -0.4 is 5.32 Å². The van der Waals surface area contributed by atoms with Crippen LogP contribution in [0.4, 0.5) is 5.82 Å². The van der Waals surface area contributed by atoms with Crippen molar-refractivity contribution < 1.29 is 63.2 Å². The molecule has 2 aromatic rings. The number of ether oxygens (including phenoxy) is 2. The average molecular weight is 588 g/mol. The Labute approximate surface area is 188 Å². The van der Waals surface area contributed by atoms with Crippen molar-refractivity contribution in [3.63, 3.8) is 0 Å². The normalized spacial score (nSPS) is 27.1. The third-order valence-corrected chi connectivity index (χ3v) is 5.12. The van der Waals surface area contributed by atoms with Crippen molar-refractivity contribution >= 4 is 16.9 Å². The minimum atomic E-state index is -0.201. The molecule has 4 rings (SSSR count). The molecule has 1 N–H and O–H groups in total. The Kier molecular flexibility index (Phi) is 6.87. The third-order valence-electron chi connectivity index (χ3n) is 5.12. The maximum absolute atomic E-state index is 6.17. The van der Waals surface area contributed by atoms with Crippen LogP contribution in [-0.2, 0) is 69.7 Å². The van der Waals surface area contributed by atoms with Gasteiger partial charge in [-0.25, -0.2) is 9.97 Å². The van der Waals surface area contributed by atoms with E-state index < -0.39 is 0 Å². The molecule has 0 spiro atoms. The van der Waals surface area contributed by atoms with E-state index in [2.05, 4.69) is 46.8 Å². The summed E-state index contributed by atoms with van der Waals surface area (Å²) in [7, 11) is 1.72. The van der Waals surface area contributed by atoms with Gasteiger partial charge in [0.25, 0.3) is 0 Å². The molecule has 2 aromatic heterocycles. The smallest absolute Gasteiger partial charge is 0.147 e. The van der Waals surface area contributed by atoms with E-state index in [1.54, 1.807) is 13.4 Å². The molecule has 0 unspecified atom stereocenters. The Balaban J connectivity index is 0.00000113. The Morgan fingerprint density at radius 1 is 1.40 bits per heavy atom. The van der Waals surface area contributed by atoms with E-state index in [4.69, 9.17) is 9.47 Å². The molecule has 1 radical (unpaired) electrons. The molecule has 0 saturated carbocycles. The van der Waals surface area contributed by atoms with Gasteiger partial charge in [-0.3, -0.25) is 0 Å². The van der Waals surface area contributed by atoms with Crippen molar-refractivity contribution in [2.75, 3.05) is 19.0 Å². The number of aryl methyl sites for hydroxylation is 1. The fourth-order valence-electron chi connectivity index (χ4n) is 4.06. The Morgan fingerprint density at radius 2 is 2.16 bits per heavy atom. The molecule has 0 amide bonds. The number of anilines is 1. The number of nitrogens with zero attached hydrogens (tertiary/aromatic N) is 3. The molecule has 25 heavy (non-hydrogen) atoms. The predicted octanol–water partition coefficient (Wildman–Crippen LogP) is 2.56. The summed E-state index contributed by atoms with van der Waals surface area (Å²) < 4.78 is 14.0. The van der Waals surface area contributed by atoms with Gasteiger partial charge in [-0.1, -0.05) is 13.8 Å². The van der Waals surface area contributed by atoms with Crippen LogP contribution in [0.1, 0.15) is 32.1 Å². The standard InChI is InChI=1S/C17H23N4O2.W.Y/c1-10-13(22-4)17(2,3)16(23-10)21-8-11-6-5-7-18-14-12(11)15(21)20-9-19-14;;/h8-10,13,16H,1,5-7H2,2-4H3,(H,18,19,20);;/q-1;;/t10-,13-,16-;;/m1../s1. The van der Waals surface area contributed by atoms with Crippen LogP contribution in [0.15, 0.2) is 12.5 Å². The monoisotopic (exact) mass is 588 g/mol. The first-order valence-electron chi connectivity index (χ1n) is 8.13. The maximum atomic E-state index is 6.17. The number of hydrogen-bond donors (Lipinski definition) is 1. The third kappa shape index (κ3) is 3.38. The summed E-state index contributed by atoms with van der Waals surface area (Å²) in [4.78, 5) is 8.95. The van der Waals surface area contributed by atoms with Gasteiger partial charge < -0.3 is 26.3 Å². The van der Waals surface area contributed by atoms with E-state index >= 15 is 0 Å². The van der Waals surface area contributed by atoms with Crippen molar-refractivity contribution in [3.05, 3.63) is 25.0 Å². The largest absolute Gasteiger partial charge is 0.383 e. The molecule has 1 saturated heterocycles. The summed E-state index contributed by atoms with van der Waals surface area (Å²) in [5, 5.41) is 4.52. The Morgan fingerprint density at radius 3 is 2.84 bits per heavy atom. The molecular formula is C17H23N4O2WY-. The van der Waals surface area contributed by atoms with Gasteiger partial charge in [0.15, 0.2) is 0 Å². The van der Waals surface area contributed by atoms with Crippen LogP contribution >= 0.6 is 0 Å². The summed E-state index contributed by atoms with van der Waals surface area (Å²) in [6, 6.07) is 0. The van der Waals surface area contributed by atoms with Gasteiger partial charge in [-0.15, -0.1) is 0 Å². The second-order valence-electron chi connectivity index (χ2n) is 7.02. The van der Waals surface area contributed by atoms with Gasteiger partial charge in [0.05, 0.1) is 11.5 Å². The molecule has 0 aliphatic carbocycles. The molecule has 133 valence electrons. The van der Waals surface area contributed by atoms with E-state index in [0.717, 1.165) is 36.2 Å². The van der Waals surface area contributed by atoms with Crippen LogP contribution in [-0.4, -0.2) is 40.4 Å². The number of rotatable bonds is 2. The fourth-order valence-corrected chi connectivity index (χ4v) is 4.06. The van der Waals surface area contributed by atoms with Crippen LogP contribution in [0.25, 0.3) is 11.0 Å². The predicted molar refractivity (Wildman–Crippen MR) is 88.2 cm³/mol. The van der Waals surface area contributed by atoms with Gasteiger partial charge in [-0.2, -0.15) is 0 Å². The number of nitrogens with one attached hydrogen (secondary N) is 1.